The van der Waals surface area contributed by atoms with E-state index in [9.17, 15) is 15.0 Å². The molecule has 1 aromatic rings. The molecular weight excluding hydrogens is 230 g/mol. The summed E-state index contributed by atoms with van der Waals surface area (Å²) >= 11 is 0. The van der Waals surface area contributed by atoms with Crippen LogP contribution >= 0.6 is 0 Å². The molecule has 2 rings (SSSR count). The van der Waals surface area contributed by atoms with Gasteiger partial charge in [0.25, 0.3) is 0 Å². The average molecular weight is 249 g/mol. The third kappa shape index (κ3) is 2.34. The van der Waals surface area contributed by atoms with E-state index in [1.807, 2.05) is 4.90 Å². The highest BCUT2D eigenvalue weighted by Gasteiger charge is 2.30. The first-order valence-electron chi connectivity index (χ1n) is 6.27. The molecule has 0 radical (unpaired) electrons. The molecular formula is C14H19NO3. The van der Waals surface area contributed by atoms with Gasteiger partial charge in [0, 0.05) is 0 Å². The predicted molar refractivity (Wildman–Crippen MR) is 68.8 cm³/mol. The first kappa shape index (κ1) is 12.9. The number of benzene rings is 1. The number of rotatable bonds is 3. The van der Waals surface area contributed by atoms with Gasteiger partial charge in [0.05, 0.1) is 0 Å². The number of carboxylic acid groups (broad SMARTS) is 1. The van der Waals surface area contributed by atoms with Crippen LogP contribution in [0.4, 0.5) is 0 Å². The van der Waals surface area contributed by atoms with Crippen LogP contribution in [0.15, 0.2) is 12.1 Å². The van der Waals surface area contributed by atoms with Gasteiger partial charge in [0.1, 0.15) is 11.8 Å². The summed E-state index contributed by atoms with van der Waals surface area (Å²) in [5.74, 6) is -0.564. The molecule has 1 unspecified atom stereocenters. The number of aliphatic carboxylic acids is 1. The highest BCUT2D eigenvalue weighted by molar-refractivity contribution is 5.76. The number of nitrogens with zero attached hydrogens (tertiary/aromatic N) is 1. The molecule has 1 aliphatic rings. The maximum atomic E-state index is 11.5. The van der Waals surface area contributed by atoms with E-state index in [4.69, 9.17) is 0 Å². The predicted octanol–water partition coefficient (Wildman–Crippen LogP) is 2.23. The van der Waals surface area contributed by atoms with Gasteiger partial charge in [-0.1, -0.05) is 12.1 Å². The maximum Gasteiger partial charge on any atom is 0.325 e. The molecule has 0 aliphatic carbocycles. The van der Waals surface area contributed by atoms with Crippen LogP contribution < -0.4 is 0 Å². The molecule has 2 N–H and O–H groups in total. The van der Waals surface area contributed by atoms with E-state index in [-0.39, 0.29) is 5.75 Å². The van der Waals surface area contributed by atoms with Crippen molar-refractivity contribution in [2.45, 2.75) is 32.7 Å². The zero-order valence-corrected chi connectivity index (χ0v) is 10.8. The molecule has 0 saturated carbocycles. The number of carboxylic acids is 1. The Balaban J connectivity index is 2.39. The van der Waals surface area contributed by atoms with Crippen molar-refractivity contribution in [3.63, 3.8) is 0 Å². The van der Waals surface area contributed by atoms with Crippen molar-refractivity contribution in [3.05, 3.63) is 28.8 Å². The lowest BCUT2D eigenvalue weighted by Crippen LogP contribution is -2.31. The van der Waals surface area contributed by atoms with Gasteiger partial charge in [-0.15, -0.1) is 0 Å². The molecule has 0 amide bonds. The molecule has 0 aromatic heterocycles. The van der Waals surface area contributed by atoms with Crippen LogP contribution in [0, 0.1) is 13.8 Å². The summed E-state index contributed by atoms with van der Waals surface area (Å²) in [6, 6.07) is 2.96. The maximum absolute atomic E-state index is 11.5. The minimum absolute atomic E-state index is 0.254. The Labute approximate surface area is 107 Å². The molecule has 1 aliphatic heterocycles. The quantitative estimate of drug-likeness (QED) is 0.862. The minimum Gasteiger partial charge on any atom is -0.507 e. The van der Waals surface area contributed by atoms with Gasteiger partial charge in [0.15, 0.2) is 0 Å². The van der Waals surface area contributed by atoms with Gasteiger partial charge in [-0.25, -0.2) is 0 Å². The zero-order chi connectivity index (χ0) is 13.3. The highest BCUT2D eigenvalue weighted by atomic mass is 16.4. The lowest BCUT2D eigenvalue weighted by molar-refractivity contribution is -0.143. The van der Waals surface area contributed by atoms with Crippen LogP contribution in [0.3, 0.4) is 0 Å². The number of aromatic hydroxyl groups is 1. The second kappa shape index (κ2) is 4.98. The number of phenols is 1. The van der Waals surface area contributed by atoms with Gasteiger partial charge in [0.2, 0.25) is 0 Å². The second-order valence-corrected chi connectivity index (χ2v) is 4.99. The van der Waals surface area contributed by atoms with Crippen molar-refractivity contribution < 1.29 is 15.0 Å². The topological polar surface area (TPSA) is 60.8 Å². The normalized spacial score (nSPS) is 17.9. The molecule has 0 spiro atoms. The van der Waals surface area contributed by atoms with E-state index >= 15 is 0 Å². The molecule has 4 heteroatoms. The van der Waals surface area contributed by atoms with Crippen LogP contribution in [0.25, 0.3) is 0 Å². The van der Waals surface area contributed by atoms with Crippen molar-refractivity contribution in [2.75, 3.05) is 13.1 Å². The van der Waals surface area contributed by atoms with Crippen LogP contribution in [0.5, 0.6) is 5.75 Å². The molecule has 4 nitrogen and oxygen atoms in total. The van der Waals surface area contributed by atoms with Crippen LogP contribution in [0.1, 0.15) is 35.6 Å². The second-order valence-electron chi connectivity index (χ2n) is 4.99. The third-order valence-corrected chi connectivity index (χ3v) is 3.57. The summed E-state index contributed by atoms with van der Waals surface area (Å²) in [5.41, 5.74) is 2.23. The largest absolute Gasteiger partial charge is 0.507 e. The van der Waals surface area contributed by atoms with Gasteiger partial charge < -0.3 is 10.2 Å². The molecule has 1 saturated heterocycles. The minimum atomic E-state index is -0.818. The number of carbonyl (C=O) groups is 1. The third-order valence-electron chi connectivity index (χ3n) is 3.57. The summed E-state index contributed by atoms with van der Waals surface area (Å²) in [7, 11) is 0. The lowest BCUT2D eigenvalue weighted by Gasteiger charge is -2.25. The molecule has 0 bridgehead atoms. The smallest absolute Gasteiger partial charge is 0.325 e. The first-order valence-corrected chi connectivity index (χ1v) is 6.27. The summed E-state index contributed by atoms with van der Waals surface area (Å²) in [4.78, 5) is 13.5. The van der Waals surface area contributed by atoms with Crippen LogP contribution in [-0.4, -0.2) is 34.2 Å². The average Bonchev–Trinajstić information content (AvgIpc) is 2.79. The Hall–Kier alpha value is -1.55. The van der Waals surface area contributed by atoms with E-state index in [1.165, 1.54) is 0 Å². The number of phenolic OH excluding ortho intramolecular Hbond substituents is 1. The monoisotopic (exact) mass is 249 g/mol. The number of hydrogen-bond acceptors (Lipinski definition) is 3. The van der Waals surface area contributed by atoms with Crippen molar-refractivity contribution in [3.8, 4) is 5.75 Å². The fourth-order valence-corrected chi connectivity index (χ4v) is 2.66. The Morgan fingerprint density at radius 1 is 1.22 bits per heavy atom. The van der Waals surface area contributed by atoms with Crippen molar-refractivity contribution in [2.24, 2.45) is 0 Å². The van der Waals surface area contributed by atoms with Crippen molar-refractivity contribution in [1.82, 2.24) is 4.90 Å². The van der Waals surface area contributed by atoms with E-state index in [0.29, 0.717) is 0 Å². The molecule has 18 heavy (non-hydrogen) atoms. The number of likely N-dealkylation sites (tertiary alicyclic amines) is 1. The summed E-state index contributed by atoms with van der Waals surface area (Å²) in [6.45, 7) is 5.26. The van der Waals surface area contributed by atoms with E-state index < -0.39 is 12.0 Å². The Kier molecular flexibility index (Phi) is 3.57. The lowest BCUT2D eigenvalue weighted by atomic mass is 9.99. The fraction of sp³-hybridized carbons (Fsp3) is 0.500. The van der Waals surface area contributed by atoms with Crippen LogP contribution in [0.2, 0.25) is 0 Å². The molecule has 1 fully saturated rings. The summed E-state index contributed by atoms with van der Waals surface area (Å²) in [5, 5.41) is 19.2. The van der Waals surface area contributed by atoms with Crippen molar-refractivity contribution in [1.29, 1.82) is 0 Å². The van der Waals surface area contributed by atoms with Gasteiger partial charge in [-0.05, 0) is 56.5 Å². The molecule has 98 valence electrons. The van der Waals surface area contributed by atoms with Gasteiger partial charge in [-0.3, -0.25) is 9.69 Å². The summed E-state index contributed by atoms with van der Waals surface area (Å²) in [6.07, 6.45) is 2.11. The van der Waals surface area contributed by atoms with Gasteiger partial charge >= 0.3 is 5.97 Å². The van der Waals surface area contributed by atoms with E-state index in [0.717, 1.165) is 42.6 Å². The number of hydrogen-bond donors (Lipinski definition) is 2. The SMILES string of the molecule is Cc1cc(C(C(=O)O)N2CCCC2)cc(C)c1O. The standard InChI is InChI=1S/C14H19NO3/c1-9-7-11(8-10(2)13(9)16)12(14(17)18)15-5-3-4-6-15/h7-8,12,16H,3-6H2,1-2H3,(H,17,18). The Morgan fingerprint density at radius 3 is 2.17 bits per heavy atom. The fourth-order valence-electron chi connectivity index (χ4n) is 2.66. The van der Waals surface area contributed by atoms with E-state index in [2.05, 4.69) is 0 Å². The van der Waals surface area contributed by atoms with Crippen molar-refractivity contribution >= 4 is 5.97 Å². The van der Waals surface area contributed by atoms with Gasteiger partial charge in [-0.2, -0.15) is 0 Å². The Morgan fingerprint density at radius 2 is 1.72 bits per heavy atom. The Bertz CT molecular complexity index is 441. The molecule has 1 atom stereocenters. The van der Waals surface area contributed by atoms with Crippen LogP contribution in [-0.2, 0) is 4.79 Å². The summed E-state index contributed by atoms with van der Waals surface area (Å²) < 4.78 is 0. The molecule has 1 heterocycles. The number of aryl methyl sites for hydroxylation is 2. The molecule has 1 aromatic carbocycles. The first-order chi connectivity index (χ1) is 8.50. The highest BCUT2D eigenvalue weighted by Crippen LogP contribution is 2.30. The van der Waals surface area contributed by atoms with E-state index in [1.54, 1.807) is 26.0 Å². The zero-order valence-electron chi connectivity index (χ0n) is 10.8.